The first-order chi connectivity index (χ1) is 7.75. The number of hydrogen-bond acceptors (Lipinski definition) is 2. The zero-order valence-electron chi connectivity index (χ0n) is 9.43. The third-order valence-corrected chi connectivity index (χ3v) is 2.64. The van der Waals surface area contributed by atoms with Gasteiger partial charge in [-0.15, -0.1) is 0 Å². The summed E-state index contributed by atoms with van der Waals surface area (Å²) in [5.41, 5.74) is 9.58. The zero-order valence-corrected chi connectivity index (χ0v) is 9.43. The van der Waals surface area contributed by atoms with Gasteiger partial charge in [0.15, 0.2) is 0 Å². The Morgan fingerprint density at radius 2 is 1.88 bits per heavy atom. The third-order valence-electron chi connectivity index (χ3n) is 2.64. The lowest BCUT2D eigenvalue weighted by molar-refractivity contribution is 0.696. The molecule has 0 bridgehead atoms. The lowest BCUT2D eigenvalue weighted by Crippen LogP contribution is -2.14. The number of pyridine rings is 1. The van der Waals surface area contributed by atoms with Gasteiger partial charge in [0.2, 0.25) is 0 Å². The Balaban J connectivity index is 2.08. The monoisotopic (exact) mass is 212 g/mol. The first-order valence-electron chi connectivity index (χ1n) is 5.48. The van der Waals surface area contributed by atoms with E-state index in [0.717, 1.165) is 12.1 Å². The highest BCUT2D eigenvalue weighted by Gasteiger charge is 2.07. The van der Waals surface area contributed by atoms with Gasteiger partial charge in [-0.1, -0.05) is 35.9 Å². The van der Waals surface area contributed by atoms with Crippen molar-refractivity contribution in [3.05, 3.63) is 65.5 Å². The van der Waals surface area contributed by atoms with Crippen LogP contribution in [0.15, 0.2) is 48.7 Å². The highest BCUT2D eigenvalue weighted by atomic mass is 14.8. The van der Waals surface area contributed by atoms with Gasteiger partial charge in [-0.3, -0.25) is 4.98 Å². The fraction of sp³-hybridized carbons (Fsp3) is 0.214. The van der Waals surface area contributed by atoms with E-state index in [-0.39, 0.29) is 6.04 Å². The predicted octanol–water partition coefficient (Wildman–Crippen LogP) is 2.63. The van der Waals surface area contributed by atoms with Crippen LogP contribution in [0.4, 0.5) is 0 Å². The molecule has 0 radical (unpaired) electrons. The molecule has 0 saturated heterocycles. The van der Waals surface area contributed by atoms with E-state index in [9.17, 15) is 0 Å². The van der Waals surface area contributed by atoms with E-state index in [1.165, 1.54) is 11.1 Å². The number of hydrogen-bond donors (Lipinski definition) is 1. The SMILES string of the molecule is Cc1ccc(CC(N)c2ccccn2)cc1. The average Bonchev–Trinajstić information content (AvgIpc) is 2.33. The highest BCUT2D eigenvalue weighted by molar-refractivity contribution is 5.23. The molecule has 0 spiro atoms. The molecule has 1 aromatic carbocycles. The van der Waals surface area contributed by atoms with Crippen LogP contribution in [0.5, 0.6) is 0 Å². The summed E-state index contributed by atoms with van der Waals surface area (Å²) < 4.78 is 0. The lowest BCUT2D eigenvalue weighted by atomic mass is 10.0. The molecule has 0 amide bonds. The fourth-order valence-corrected chi connectivity index (χ4v) is 1.68. The Kier molecular flexibility index (Phi) is 3.32. The number of nitrogens with two attached hydrogens (primary N) is 1. The Hall–Kier alpha value is -1.67. The van der Waals surface area contributed by atoms with Gasteiger partial charge >= 0.3 is 0 Å². The van der Waals surface area contributed by atoms with E-state index in [1.807, 2.05) is 18.2 Å². The normalized spacial score (nSPS) is 12.4. The molecule has 2 nitrogen and oxygen atoms in total. The number of benzene rings is 1. The maximum atomic E-state index is 6.10. The van der Waals surface area contributed by atoms with Crippen LogP contribution >= 0.6 is 0 Å². The summed E-state index contributed by atoms with van der Waals surface area (Å²) >= 11 is 0. The maximum Gasteiger partial charge on any atom is 0.0574 e. The van der Waals surface area contributed by atoms with Crippen molar-refractivity contribution in [2.45, 2.75) is 19.4 Å². The van der Waals surface area contributed by atoms with Crippen LogP contribution in [0.2, 0.25) is 0 Å². The van der Waals surface area contributed by atoms with Crippen LogP contribution in [0, 0.1) is 6.92 Å². The third kappa shape index (κ3) is 2.67. The van der Waals surface area contributed by atoms with Crippen molar-refractivity contribution < 1.29 is 0 Å². The van der Waals surface area contributed by atoms with E-state index in [4.69, 9.17) is 5.73 Å². The molecule has 1 atom stereocenters. The summed E-state index contributed by atoms with van der Waals surface area (Å²) in [5, 5.41) is 0. The van der Waals surface area contributed by atoms with Crippen molar-refractivity contribution >= 4 is 0 Å². The fourth-order valence-electron chi connectivity index (χ4n) is 1.68. The molecule has 16 heavy (non-hydrogen) atoms. The molecular formula is C14H16N2. The summed E-state index contributed by atoms with van der Waals surface area (Å²) in [7, 11) is 0. The molecule has 0 saturated carbocycles. The number of nitrogens with zero attached hydrogens (tertiary/aromatic N) is 1. The summed E-state index contributed by atoms with van der Waals surface area (Å²) in [6, 6.07) is 14.3. The molecule has 0 aliphatic carbocycles. The van der Waals surface area contributed by atoms with Crippen molar-refractivity contribution in [2.75, 3.05) is 0 Å². The topological polar surface area (TPSA) is 38.9 Å². The van der Waals surface area contributed by atoms with Gasteiger partial charge in [0, 0.05) is 6.20 Å². The number of aryl methyl sites for hydroxylation is 1. The molecule has 1 aromatic heterocycles. The molecule has 2 heteroatoms. The smallest absolute Gasteiger partial charge is 0.0574 e. The summed E-state index contributed by atoms with van der Waals surface area (Å²) in [4.78, 5) is 4.27. The van der Waals surface area contributed by atoms with Crippen LogP contribution in [-0.2, 0) is 6.42 Å². The van der Waals surface area contributed by atoms with Gasteiger partial charge in [0.25, 0.3) is 0 Å². The van der Waals surface area contributed by atoms with Crippen molar-refractivity contribution in [3.8, 4) is 0 Å². The minimum atomic E-state index is -0.0242. The standard InChI is InChI=1S/C14H16N2/c1-11-5-7-12(8-6-11)10-13(15)14-4-2-3-9-16-14/h2-9,13H,10,15H2,1H3. The second-order valence-corrected chi connectivity index (χ2v) is 4.05. The van der Waals surface area contributed by atoms with Crippen LogP contribution in [-0.4, -0.2) is 4.98 Å². The first-order valence-corrected chi connectivity index (χ1v) is 5.48. The Morgan fingerprint density at radius 1 is 1.12 bits per heavy atom. The first kappa shape index (κ1) is 10.8. The zero-order chi connectivity index (χ0) is 11.4. The number of rotatable bonds is 3. The van der Waals surface area contributed by atoms with E-state index < -0.39 is 0 Å². The predicted molar refractivity (Wildman–Crippen MR) is 66.0 cm³/mol. The van der Waals surface area contributed by atoms with E-state index in [2.05, 4.69) is 36.2 Å². The summed E-state index contributed by atoms with van der Waals surface area (Å²) in [6.45, 7) is 2.09. The van der Waals surface area contributed by atoms with Gasteiger partial charge in [-0.25, -0.2) is 0 Å². The van der Waals surface area contributed by atoms with E-state index in [0.29, 0.717) is 0 Å². The molecule has 0 aliphatic heterocycles. The molecule has 1 heterocycles. The molecule has 82 valence electrons. The molecule has 2 N–H and O–H groups in total. The summed E-state index contributed by atoms with van der Waals surface area (Å²) in [5.74, 6) is 0. The van der Waals surface area contributed by atoms with Crippen molar-refractivity contribution in [2.24, 2.45) is 5.73 Å². The second-order valence-electron chi connectivity index (χ2n) is 4.05. The lowest BCUT2D eigenvalue weighted by Gasteiger charge is -2.10. The van der Waals surface area contributed by atoms with Crippen molar-refractivity contribution in [1.82, 2.24) is 4.98 Å². The van der Waals surface area contributed by atoms with Gasteiger partial charge in [0.05, 0.1) is 11.7 Å². The van der Waals surface area contributed by atoms with Crippen molar-refractivity contribution in [3.63, 3.8) is 0 Å². The largest absolute Gasteiger partial charge is 0.322 e. The van der Waals surface area contributed by atoms with Crippen molar-refractivity contribution in [1.29, 1.82) is 0 Å². The maximum absolute atomic E-state index is 6.10. The average molecular weight is 212 g/mol. The summed E-state index contributed by atoms with van der Waals surface area (Å²) in [6.07, 6.45) is 2.61. The molecule has 2 rings (SSSR count). The van der Waals surface area contributed by atoms with E-state index >= 15 is 0 Å². The van der Waals surface area contributed by atoms with Crippen LogP contribution in [0.25, 0.3) is 0 Å². The Morgan fingerprint density at radius 3 is 2.50 bits per heavy atom. The molecule has 2 aromatic rings. The van der Waals surface area contributed by atoms with Gasteiger partial charge in [-0.2, -0.15) is 0 Å². The van der Waals surface area contributed by atoms with E-state index in [1.54, 1.807) is 6.20 Å². The minimum Gasteiger partial charge on any atom is -0.322 e. The quantitative estimate of drug-likeness (QED) is 0.849. The molecular weight excluding hydrogens is 196 g/mol. The Bertz CT molecular complexity index is 434. The molecule has 0 aliphatic rings. The van der Waals surface area contributed by atoms with Gasteiger partial charge in [0.1, 0.15) is 0 Å². The highest BCUT2D eigenvalue weighted by Crippen LogP contribution is 2.14. The Labute approximate surface area is 96.1 Å². The van der Waals surface area contributed by atoms with Gasteiger partial charge in [-0.05, 0) is 31.0 Å². The van der Waals surface area contributed by atoms with Crippen LogP contribution in [0.1, 0.15) is 22.9 Å². The molecule has 1 unspecified atom stereocenters. The van der Waals surface area contributed by atoms with Crippen LogP contribution < -0.4 is 5.73 Å². The second kappa shape index (κ2) is 4.90. The molecule has 0 fully saturated rings. The number of aromatic nitrogens is 1. The van der Waals surface area contributed by atoms with Crippen LogP contribution in [0.3, 0.4) is 0 Å². The minimum absolute atomic E-state index is 0.0242. The van der Waals surface area contributed by atoms with Gasteiger partial charge < -0.3 is 5.73 Å².